The van der Waals surface area contributed by atoms with Gasteiger partial charge in [-0.05, 0) is 59.7 Å². The van der Waals surface area contributed by atoms with Crippen LogP contribution in [0.4, 0.5) is 0 Å². The molecule has 1 aromatic rings. The fraction of sp³-hybridized carbons (Fsp3) is 0.429. The van der Waals surface area contributed by atoms with Crippen molar-refractivity contribution in [2.24, 2.45) is 0 Å². The van der Waals surface area contributed by atoms with Crippen molar-refractivity contribution >= 4 is 34.5 Å². The number of amides is 1. The number of halogens is 1. The molecule has 1 atom stereocenters. The molecule has 5 nitrogen and oxygen atoms in total. The standard InChI is InChI=1S/C14H16INO4/c15-10-3-5-12(6-4-10)20-9-13(17)16-7-1-2-11(16)8-14(18)19/h3-6,11H,1-2,7-9H2,(H,18,19). The van der Waals surface area contributed by atoms with Gasteiger partial charge in [-0.2, -0.15) is 0 Å². The highest BCUT2D eigenvalue weighted by Crippen LogP contribution is 2.21. The van der Waals surface area contributed by atoms with Crippen molar-refractivity contribution in [3.8, 4) is 5.75 Å². The highest BCUT2D eigenvalue weighted by molar-refractivity contribution is 14.1. The number of ether oxygens (including phenoxy) is 1. The van der Waals surface area contributed by atoms with E-state index in [0.29, 0.717) is 12.3 Å². The first kappa shape index (κ1) is 15.1. The summed E-state index contributed by atoms with van der Waals surface area (Å²) in [6.07, 6.45) is 1.62. The van der Waals surface area contributed by atoms with Crippen LogP contribution in [0.2, 0.25) is 0 Å². The molecule has 0 spiro atoms. The van der Waals surface area contributed by atoms with Crippen LogP contribution in [-0.4, -0.2) is 41.1 Å². The summed E-state index contributed by atoms with van der Waals surface area (Å²) in [7, 11) is 0. The first-order valence-electron chi connectivity index (χ1n) is 6.46. The van der Waals surface area contributed by atoms with Crippen molar-refractivity contribution in [3.63, 3.8) is 0 Å². The second-order valence-corrected chi connectivity index (χ2v) is 5.97. The summed E-state index contributed by atoms with van der Waals surface area (Å²) >= 11 is 2.20. The summed E-state index contributed by atoms with van der Waals surface area (Å²) in [6, 6.07) is 7.24. The summed E-state index contributed by atoms with van der Waals surface area (Å²) in [5.74, 6) is -0.367. The Morgan fingerprint density at radius 3 is 2.70 bits per heavy atom. The van der Waals surface area contributed by atoms with Gasteiger partial charge in [0.15, 0.2) is 6.61 Å². The van der Waals surface area contributed by atoms with E-state index in [9.17, 15) is 9.59 Å². The molecule has 0 aliphatic carbocycles. The molecule has 1 heterocycles. The monoisotopic (exact) mass is 389 g/mol. The Hall–Kier alpha value is -1.31. The fourth-order valence-corrected chi connectivity index (χ4v) is 2.70. The largest absolute Gasteiger partial charge is 0.484 e. The van der Waals surface area contributed by atoms with Crippen molar-refractivity contribution in [2.45, 2.75) is 25.3 Å². The van der Waals surface area contributed by atoms with Crippen LogP contribution in [0.5, 0.6) is 5.75 Å². The summed E-state index contributed by atoms with van der Waals surface area (Å²) < 4.78 is 6.55. The summed E-state index contributed by atoms with van der Waals surface area (Å²) in [5.41, 5.74) is 0. The number of hydrogen-bond acceptors (Lipinski definition) is 3. The van der Waals surface area contributed by atoms with Crippen LogP contribution < -0.4 is 4.74 Å². The number of carbonyl (C=O) groups is 2. The lowest BCUT2D eigenvalue weighted by Gasteiger charge is -2.23. The second-order valence-electron chi connectivity index (χ2n) is 4.72. The van der Waals surface area contributed by atoms with Gasteiger partial charge in [0, 0.05) is 16.2 Å². The number of carbonyl (C=O) groups excluding carboxylic acids is 1. The summed E-state index contributed by atoms with van der Waals surface area (Å²) in [5, 5.41) is 8.84. The van der Waals surface area contributed by atoms with Crippen LogP contribution in [0.1, 0.15) is 19.3 Å². The molecule has 20 heavy (non-hydrogen) atoms. The molecule has 1 aromatic carbocycles. The molecule has 6 heteroatoms. The molecule has 1 saturated heterocycles. The van der Waals surface area contributed by atoms with Gasteiger partial charge < -0.3 is 14.7 Å². The maximum absolute atomic E-state index is 12.1. The topological polar surface area (TPSA) is 66.8 Å². The van der Waals surface area contributed by atoms with Crippen molar-refractivity contribution in [1.29, 1.82) is 0 Å². The molecule has 0 radical (unpaired) electrons. The highest BCUT2D eigenvalue weighted by Gasteiger charge is 2.30. The van der Waals surface area contributed by atoms with E-state index >= 15 is 0 Å². The Bertz CT molecular complexity index is 488. The van der Waals surface area contributed by atoms with Crippen molar-refractivity contribution in [1.82, 2.24) is 4.90 Å². The summed E-state index contributed by atoms with van der Waals surface area (Å²) in [4.78, 5) is 24.5. The number of rotatable bonds is 5. The first-order chi connectivity index (χ1) is 9.56. The second kappa shape index (κ2) is 6.92. The van der Waals surface area contributed by atoms with E-state index in [-0.39, 0.29) is 25.0 Å². The molecule has 1 aliphatic rings. The molecule has 108 valence electrons. The third kappa shape index (κ3) is 4.09. The Morgan fingerprint density at radius 2 is 2.05 bits per heavy atom. The number of carboxylic acid groups (broad SMARTS) is 1. The van der Waals surface area contributed by atoms with Gasteiger partial charge in [0.1, 0.15) is 5.75 Å². The van der Waals surface area contributed by atoms with E-state index in [1.54, 1.807) is 4.90 Å². The maximum atomic E-state index is 12.1. The smallest absolute Gasteiger partial charge is 0.305 e. The summed E-state index contributed by atoms with van der Waals surface area (Å²) in [6.45, 7) is 0.573. The lowest BCUT2D eigenvalue weighted by molar-refractivity contribution is -0.140. The number of hydrogen-bond donors (Lipinski definition) is 1. The van der Waals surface area contributed by atoms with E-state index < -0.39 is 5.97 Å². The average Bonchev–Trinajstić information content (AvgIpc) is 2.85. The maximum Gasteiger partial charge on any atom is 0.305 e. The van der Waals surface area contributed by atoms with Crippen LogP contribution in [0.15, 0.2) is 24.3 Å². The molecular formula is C14H16INO4. The molecule has 1 unspecified atom stereocenters. The van der Waals surface area contributed by atoms with Gasteiger partial charge in [-0.1, -0.05) is 0 Å². The Morgan fingerprint density at radius 1 is 1.35 bits per heavy atom. The molecular weight excluding hydrogens is 373 g/mol. The number of aliphatic carboxylic acids is 1. The van der Waals surface area contributed by atoms with Gasteiger partial charge in [-0.15, -0.1) is 0 Å². The molecule has 1 N–H and O–H groups in total. The minimum absolute atomic E-state index is 0.00920. The zero-order chi connectivity index (χ0) is 14.5. The lowest BCUT2D eigenvalue weighted by atomic mass is 10.1. The fourth-order valence-electron chi connectivity index (χ4n) is 2.34. The molecule has 0 bridgehead atoms. The highest BCUT2D eigenvalue weighted by atomic mass is 127. The Kier molecular flexibility index (Phi) is 5.22. The quantitative estimate of drug-likeness (QED) is 0.784. The number of benzene rings is 1. The zero-order valence-corrected chi connectivity index (χ0v) is 13.1. The number of likely N-dealkylation sites (tertiary alicyclic amines) is 1. The zero-order valence-electron chi connectivity index (χ0n) is 10.9. The number of carboxylic acids is 1. The normalized spacial score (nSPS) is 18.1. The molecule has 1 fully saturated rings. The van der Waals surface area contributed by atoms with E-state index in [4.69, 9.17) is 9.84 Å². The molecule has 1 aliphatic heterocycles. The van der Waals surface area contributed by atoms with Gasteiger partial charge in [0.25, 0.3) is 5.91 Å². The molecule has 0 aromatic heterocycles. The van der Waals surface area contributed by atoms with Crippen molar-refractivity contribution in [2.75, 3.05) is 13.2 Å². The van der Waals surface area contributed by atoms with Crippen LogP contribution >= 0.6 is 22.6 Å². The van der Waals surface area contributed by atoms with Crippen molar-refractivity contribution < 1.29 is 19.4 Å². The number of nitrogens with zero attached hydrogens (tertiary/aromatic N) is 1. The predicted octanol–water partition coefficient (Wildman–Crippen LogP) is 2.14. The first-order valence-corrected chi connectivity index (χ1v) is 7.54. The van der Waals surface area contributed by atoms with Crippen LogP contribution in [-0.2, 0) is 9.59 Å². The van der Waals surface area contributed by atoms with Gasteiger partial charge >= 0.3 is 5.97 Å². The third-order valence-corrected chi connectivity index (χ3v) is 4.00. The minimum Gasteiger partial charge on any atom is -0.484 e. The molecule has 0 saturated carbocycles. The van der Waals surface area contributed by atoms with E-state index in [0.717, 1.165) is 16.4 Å². The van der Waals surface area contributed by atoms with Gasteiger partial charge in [-0.25, -0.2) is 0 Å². The van der Waals surface area contributed by atoms with Crippen LogP contribution in [0, 0.1) is 3.57 Å². The van der Waals surface area contributed by atoms with Gasteiger partial charge in [-0.3, -0.25) is 9.59 Å². The van der Waals surface area contributed by atoms with E-state index in [2.05, 4.69) is 22.6 Å². The van der Waals surface area contributed by atoms with Crippen LogP contribution in [0.3, 0.4) is 0 Å². The lowest BCUT2D eigenvalue weighted by Crippen LogP contribution is -2.39. The van der Waals surface area contributed by atoms with Gasteiger partial charge in [0.05, 0.1) is 6.42 Å². The van der Waals surface area contributed by atoms with E-state index in [1.807, 2.05) is 24.3 Å². The van der Waals surface area contributed by atoms with E-state index in [1.165, 1.54) is 0 Å². The molecule has 2 rings (SSSR count). The third-order valence-electron chi connectivity index (χ3n) is 3.28. The minimum atomic E-state index is -0.867. The Labute approximate surface area is 131 Å². The molecule has 1 amide bonds. The van der Waals surface area contributed by atoms with Crippen molar-refractivity contribution in [3.05, 3.63) is 27.8 Å². The predicted molar refractivity (Wildman–Crippen MR) is 81.6 cm³/mol. The Balaban J connectivity index is 1.87. The van der Waals surface area contributed by atoms with Crippen LogP contribution in [0.25, 0.3) is 0 Å². The SMILES string of the molecule is O=C(O)CC1CCCN1C(=O)COc1ccc(I)cc1. The average molecular weight is 389 g/mol. The van der Waals surface area contributed by atoms with Gasteiger partial charge in [0.2, 0.25) is 0 Å².